The second-order valence-corrected chi connectivity index (χ2v) is 10.2. The number of phenolic OH excluding ortho intramolecular Hbond substituents is 1. The molecular formula is C31H31ClN4O3. The third-order valence-electron chi connectivity index (χ3n) is 7.25. The van der Waals surface area contributed by atoms with Gasteiger partial charge in [-0.2, -0.15) is 9.78 Å². The zero-order valence-corrected chi connectivity index (χ0v) is 22.5. The van der Waals surface area contributed by atoms with Gasteiger partial charge in [-0.15, -0.1) is 0 Å². The Kier molecular flexibility index (Phi) is 7.98. The van der Waals surface area contributed by atoms with E-state index in [0.29, 0.717) is 27.5 Å². The molecule has 0 bridgehead atoms. The average Bonchev–Trinajstić information content (AvgIpc) is 3.64. The Morgan fingerprint density at radius 3 is 2.49 bits per heavy atom. The molecule has 5 rings (SSSR count). The monoisotopic (exact) mass is 542 g/mol. The highest BCUT2D eigenvalue weighted by atomic mass is 35.5. The van der Waals surface area contributed by atoms with Crippen molar-refractivity contribution in [1.82, 2.24) is 15.1 Å². The van der Waals surface area contributed by atoms with Gasteiger partial charge in [0.1, 0.15) is 5.75 Å². The predicted molar refractivity (Wildman–Crippen MR) is 153 cm³/mol. The van der Waals surface area contributed by atoms with E-state index >= 15 is 0 Å². The average molecular weight is 543 g/mol. The van der Waals surface area contributed by atoms with Gasteiger partial charge < -0.3 is 15.7 Å². The van der Waals surface area contributed by atoms with Crippen LogP contribution in [0.25, 0.3) is 11.3 Å². The van der Waals surface area contributed by atoms with Crippen molar-refractivity contribution < 1.29 is 14.7 Å². The number of nitrogens with one attached hydrogen (secondary N) is 2. The minimum absolute atomic E-state index is 0.0133. The lowest BCUT2D eigenvalue weighted by atomic mass is 10.0. The van der Waals surface area contributed by atoms with Gasteiger partial charge in [-0.1, -0.05) is 61.7 Å². The first-order valence-electron chi connectivity index (χ1n) is 13.3. The summed E-state index contributed by atoms with van der Waals surface area (Å²) in [7, 11) is 0. The summed E-state index contributed by atoms with van der Waals surface area (Å²) in [5, 5.41) is 21.7. The van der Waals surface area contributed by atoms with E-state index in [-0.39, 0.29) is 30.2 Å². The number of aryl methyl sites for hydroxylation is 1. The van der Waals surface area contributed by atoms with Gasteiger partial charge in [0.05, 0.1) is 11.4 Å². The van der Waals surface area contributed by atoms with Gasteiger partial charge >= 0.3 is 6.03 Å². The highest BCUT2D eigenvalue weighted by molar-refractivity contribution is 6.31. The molecule has 7 nitrogen and oxygen atoms in total. The lowest BCUT2D eigenvalue weighted by molar-refractivity contribution is 0.102. The fourth-order valence-electron chi connectivity index (χ4n) is 5.00. The Bertz CT molecular complexity index is 1490. The number of carbonyl (C=O) groups excluding carboxylic acids is 2. The molecule has 1 heterocycles. The first-order chi connectivity index (χ1) is 18.9. The molecule has 4 aromatic rings. The number of rotatable bonds is 7. The molecule has 1 aliphatic rings. The minimum Gasteiger partial charge on any atom is -0.507 e. The largest absolute Gasteiger partial charge is 0.507 e. The molecule has 1 aliphatic carbocycles. The molecule has 2 amide bonds. The Balaban J connectivity index is 1.41. The Morgan fingerprint density at radius 1 is 1.03 bits per heavy atom. The molecule has 1 aromatic heterocycles. The fourth-order valence-corrected chi connectivity index (χ4v) is 5.21. The van der Waals surface area contributed by atoms with Gasteiger partial charge in [0, 0.05) is 34.3 Å². The maximum Gasteiger partial charge on any atom is 0.342 e. The van der Waals surface area contributed by atoms with Crippen molar-refractivity contribution in [2.24, 2.45) is 0 Å². The number of amides is 2. The normalized spacial score (nSPS) is 13.4. The summed E-state index contributed by atoms with van der Waals surface area (Å²) in [6, 6.07) is 21.2. The number of phenols is 1. The first-order valence-corrected chi connectivity index (χ1v) is 13.7. The van der Waals surface area contributed by atoms with Crippen molar-refractivity contribution in [3.05, 3.63) is 100 Å². The van der Waals surface area contributed by atoms with E-state index in [1.54, 1.807) is 30.3 Å². The lowest BCUT2D eigenvalue weighted by Crippen LogP contribution is -2.30. The van der Waals surface area contributed by atoms with Gasteiger partial charge in [-0.25, -0.2) is 4.79 Å². The molecule has 0 aliphatic heterocycles. The smallest absolute Gasteiger partial charge is 0.342 e. The third kappa shape index (κ3) is 5.99. The van der Waals surface area contributed by atoms with Gasteiger partial charge in [-0.05, 0) is 72.9 Å². The van der Waals surface area contributed by atoms with Gasteiger partial charge in [-0.3, -0.25) is 4.79 Å². The fraction of sp³-hybridized carbons (Fsp3) is 0.258. The molecule has 1 saturated carbocycles. The molecule has 200 valence electrons. The van der Waals surface area contributed by atoms with Crippen molar-refractivity contribution >= 4 is 29.2 Å². The van der Waals surface area contributed by atoms with E-state index in [2.05, 4.69) is 22.7 Å². The van der Waals surface area contributed by atoms with Crippen LogP contribution in [0.4, 0.5) is 10.5 Å². The predicted octanol–water partition coefficient (Wildman–Crippen LogP) is 7.14. The van der Waals surface area contributed by atoms with Crippen LogP contribution in [0.15, 0.2) is 72.8 Å². The molecule has 0 saturated heterocycles. The van der Waals surface area contributed by atoms with Crippen molar-refractivity contribution in [2.75, 3.05) is 5.32 Å². The number of aromatic hydroxyl groups is 1. The zero-order valence-electron chi connectivity index (χ0n) is 21.8. The Morgan fingerprint density at radius 2 is 1.77 bits per heavy atom. The van der Waals surface area contributed by atoms with E-state index in [4.69, 9.17) is 11.6 Å². The summed E-state index contributed by atoms with van der Waals surface area (Å²) in [4.78, 5) is 26.1. The van der Waals surface area contributed by atoms with Gasteiger partial charge in [0.25, 0.3) is 5.91 Å². The molecule has 39 heavy (non-hydrogen) atoms. The summed E-state index contributed by atoms with van der Waals surface area (Å²) >= 11 is 6.26. The molecule has 0 atom stereocenters. The third-order valence-corrected chi connectivity index (χ3v) is 7.61. The van der Waals surface area contributed by atoms with Crippen LogP contribution in [-0.4, -0.2) is 26.8 Å². The van der Waals surface area contributed by atoms with Crippen LogP contribution in [0.1, 0.15) is 65.7 Å². The summed E-state index contributed by atoms with van der Waals surface area (Å²) in [5.74, 6) is -0.0294. The van der Waals surface area contributed by atoms with E-state index in [0.717, 1.165) is 48.9 Å². The second kappa shape index (κ2) is 11.7. The maximum absolute atomic E-state index is 13.3. The number of benzene rings is 3. The number of carbonyl (C=O) groups is 2. The quantitative estimate of drug-likeness (QED) is 0.216. The molecule has 3 N–H and O–H groups in total. The Labute approximate surface area is 232 Å². The molecule has 8 heteroatoms. The van der Waals surface area contributed by atoms with Crippen molar-refractivity contribution in [1.29, 1.82) is 0 Å². The molecule has 0 spiro atoms. The number of nitrogens with zero attached hydrogens (tertiary/aromatic N) is 2. The molecule has 0 unspecified atom stereocenters. The topological polar surface area (TPSA) is 96.2 Å². The lowest BCUT2D eigenvalue weighted by Gasteiger charge is -2.12. The number of hydrogen-bond acceptors (Lipinski definition) is 4. The van der Waals surface area contributed by atoms with Crippen molar-refractivity contribution in [3.63, 3.8) is 0 Å². The molecular weight excluding hydrogens is 512 g/mol. The number of halogens is 1. The van der Waals surface area contributed by atoms with Crippen molar-refractivity contribution in [3.8, 4) is 17.0 Å². The van der Waals surface area contributed by atoms with Crippen LogP contribution in [0.3, 0.4) is 0 Å². The van der Waals surface area contributed by atoms with Crippen LogP contribution in [0.5, 0.6) is 5.75 Å². The van der Waals surface area contributed by atoms with Crippen LogP contribution >= 0.6 is 11.6 Å². The van der Waals surface area contributed by atoms with Crippen LogP contribution < -0.4 is 10.6 Å². The summed E-state index contributed by atoms with van der Waals surface area (Å²) in [5.41, 5.74) is 4.74. The van der Waals surface area contributed by atoms with E-state index in [1.807, 2.05) is 36.4 Å². The number of hydrogen-bond donors (Lipinski definition) is 3. The summed E-state index contributed by atoms with van der Waals surface area (Å²) < 4.78 is 1.40. The Hall–Kier alpha value is -4.10. The standard InChI is InChI=1S/C31H31ClN4O3/c1-2-20-11-13-22(14-12-20)30(38)34-24-15-16-29(37)25(17-24)27-18-28(21-7-3-4-8-21)36(35-27)31(39)33-19-23-9-5-6-10-26(23)32/h5-6,9-18,21,37H,2-4,7-8,19H2,1H3,(H,33,39)(H,34,38). The van der Waals surface area contributed by atoms with E-state index in [1.165, 1.54) is 10.7 Å². The molecule has 3 aromatic carbocycles. The van der Waals surface area contributed by atoms with Crippen LogP contribution in [0.2, 0.25) is 5.02 Å². The highest BCUT2D eigenvalue weighted by Gasteiger charge is 2.26. The summed E-state index contributed by atoms with van der Waals surface area (Å²) in [6.07, 6.45) is 5.04. The van der Waals surface area contributed by atoms with E-state index in [9.17, 15) is 14.7 Å². The zero-order chi connectivity index (χ0) is 27.4. The van der Waals surface area contributed by atoms with Crippen molar-refractivity contribution in [2.45, 2.75) is 51.5 Å². The van der Waals surface area contributed by atoms with Gasteiger partial charge in [0.15, 0.2) is 0 Å². The molecule has 1 fully saturated rings. The highest BCUT2D eigenvalue weighted by Crippen LogP contribution is 2.38. The van der Waals surface area contributed by atoms with Gasteiger partial charge in [0.2, 0.25) is 0 Å². The van der Waals surface area contributed by atoms with Crippen LogP contribution in [-0.2, 0) is 13.0 Å². The van der Waals surface area contributed by atoms with E-state index < -0.39 is 0 Å². The first kappa shape index (κ1) is 26.5. The summed E-state index contributed by atoms with van der Waals surface area (Å²) in [6.45, 7) is 2.33. The number of aromatic nitrogens is 2. The molecule has 0 radical (unpaired) electrons. The maximum atomic E-state index is 13.3. The van der Waals surface area contributed by atoms with Crippen LogP contribution in [0, 0.1) is 0 Å². The SMILES string of the molecule is CCc1ccc(C(=O)Nc2ccc(O)c(-c3cc(C4CCCC4)n(C(=O)NCc4ccccc4Cl)n3)c2)cc1. The number of anilines is 1. The minimum atomic E-state index is -0.359. The second-order valence-electron chi connectivity index (χ2n) is 9.83.